The van der Waals surface area contributed by atoms with Crippen LogP contribution in [0.2, 0.25) is 0 Å². The van der Waals surface area contributed by atoms with Crippen LogP contribution in [0, 0.1) is 0 Å². The van der Waals surface area contributed by atoms with E-state index in [1.807, 2.05) is 53.4 Å². The second kappa shape index (κ2) is 11.2. The molecular formula is C23H29F2N3O4. The number of anilines is 3. The van der Waals surface area contributed by atoms with E-state index in [-0.39, 0.29) is 32.6 Å². The number of ether oxygens (including phenoxy) is 2. The zero-order valence-electron chi connectivity index (χ0n) is 18.1. The summed E-state index contributed by atoms with van der Waals surface area (Å²) in [5, 5.41) is 13.8. The fraction of sp³-hybridized carbons (Fsp3) is 0.435. The lowest BCUT2D eigenvalue weighted by Gasteiger charge is -2.33. The lowest BCUT2D eigenvalue weighted by molar-refractivity contribution is -0.173. The van der Waals surface area contributed by atoms with Crippen molar-refractivity contribution >= 4 is 23.0 Å². The summed E-state index contributed by atoms with van der Waals surface area (Å²) in [5.41, 5.74) is 3.41. The molecule has 7 nitrogen and oxygen atoms in total. The average Bonchev–Trinajstić information content (AvgIpc) is 2.78. The number of hydrogen-bond donors (Lipinski definition) is 2. The van der Waals surface area contributed by atoms with Gasteiger partial charge in [0, 0.05) is 50.1 Å². The highest BCUT2D eigenvalue weighted by molar-refractivity contribution is 5.76. The molecule has 1 fully saturated rings. The monoisotopic (exact) mass is 449 g/mol. The van der Waals surface area contributed by atoms with Crippen LogP contribution in [0.4, 0.5) is 25.8 Å². The van der Waals surface area contributed by atoms with Crippen molar-refractivity contribution in [3.05, 3.63) is 54.1 Å². The lowest BCUT2D eigenvalue weighted by Crippen LogP contribution is -2.39. The predicted octanol–water partition coefficient (Wildman–Crippen LogP) is 4.05. The van der Waals surface area contributed by atoms with Crippen LogP contribution in [0.1, 0.15) is 18.4 Å². The van der Waals surface area contributed by atoms with Crippen molar-refractivity contribution in [3.8, 4) is 0 Å². The molecule has 0 radical (unpaired) electrons. The summed E-state index contributed by atoms with van der Waals surface area (Å²) >= 11 is 0. The van der Waals surface area contributed by atoms with Crippen LogP contribution >= 0.6 is 0 Å². The number of benzene rings is 2. The molecule has 0 unspecified atom stereocenters. The smallest absolute Gasteiger partial charge is 0.272 e. The molecule has 2 aromatic rings. The van der Waals surface area contributed by atoms with Gasteiger partial charge in [-0.05, 0) is 42.0 Å². The molecule has 1 amide bonds. The Balaban J connectivity index is 1.47. The van der Waals surface area contributed by atoms with Gasteiger partial charge in [-0.3, -0.25) is 10.0 Å². The Morgan fingerprint density at radius 2 is 1.66 bits per heavy atom. The molecule has 0 aliphatic carbocycles. The van der Waals surface area contributed by atoms with E-state index >= 15 is 0 Å². The fourth-order valence-electron chi connectivity index (χ4n) is 3.35. The number of amides is 1. The Morgan fingerprint density at radius 1 is 1.06 bits per heavy atom. The van der Waals surface area contributed by atoms with E-state index in [4.69, 9.17) is 9.47 Å². The summed E-state index contributed by atoms with van der Waals surface area (Å²) in [6, 6.07) is 15.0. The van der Waals surface area contributed by atoms with Gasteiger partial charge in [-0.25, -0.2) is 13.8 Å². The van der Waals surface area contributed by atoms with Crippen molar-refractivity contribution < 1.29 is 28.3 Å². The van der Waals surface area contributed by atoms with Crippen molar-refractivity contribution in [3.63, 3.8) is 0 Å². The number of hydroxylamine groups is 2. The standard InChI is InChI=1S/C23H29F2N3O4/c1-31-14-15-32-17-22(29)28(30)16-18-2-4-19(5-3-18)26-20-6-8-21(9-7-20)27-12-10-23(24,25)11-13-27/h2-9,26,30H,10-17H2,1H3. The van der Waals surface area contributed by atoms with Crippen molar-refractivity contribution in [1.29, 1.82) is 0 Å². The minimum atomic E-state index is -2.55. The molecule has 0 spiro atoms. The molecule has 0 atom stereocenters. The first-order valence-corrected chi connectivity index (χ1v) is 10.5. The van der Waals surface area contributed by atoms with Gasteiger partial charge in [0.25, 0.3) is 11.8 Å². The summed E-state index contributed by atoms with van der Waals surface area (Å²) in [5.74, 6) is -3.08. The molecule has 0 saturated carbocycles. The van der Waals surface area contributed by atoms with Crippen LogP contribution in [0.15, 0.2) is 48.5 Å². The molecule has 1 aliphatic rings. The highest BCUT2D eigenvalue weighted by Gasteiger charge is 2.33. The third-order valence-electron chi connectivity index (χ3n) is 5.25. The Morgan fingerprint density at radius 3 is 2.25 bits per heavy atom. The maximum atomic E-state index is 13.3. The molecule has 2 N–H and O–H groups in total. The Kier molecular flexibility index (Phi) is 8.38. The molecule has 1 heterocycles. The topological polar surface area (TPSA) is 74.3 Å². The summed E-state index contributed by atoms with van der Waals surface area (Å²) in [6.07, 6.45) is -0.228. The molecule has 174 valence electrons. The lowest BCUT2D eigenvalue weighted by atomic mass is 10.1. The van der Waals surface area contributed by atoms with Crippen LogP contribution in [0.3, 0.4) is 0 Å². The normalized spacial score (nSPS) is 15.4. The molecule has 9 heteroatoms. The van der Waals surface area contributed by atoms with E-state index in [0.717, 1.165) is 22.6 Å². The molecule has 1 aliphatic heterocycles. The van der Waals surface area contributed by atoms with E-state index in [1.54, 1.807) is 7.11 Å². The van der Waals surface area contributed by atoms with Gasteiger partial charge >= 0.3 is 0 Å². The van der Waals surface area contributed by atoms with E-state index in [0.29, 0.717) is 24.8 Å². The number of methoxy groups -OCH3 is 1. The number of piperidine rings is 1. The molecule has 2 aromatic carbocycles. The zero-order valence-corrected chi connectivity index (χ0v) is 18.1. The average molecular weight is 449 g/mol. The summed E-state index contributed by atoms with van der Waals surface area (Å²) in [4.78, 5) is 13.8. The van der Waals surface area contributed by atoms with Gasteiger partial charge < -0.3 is 19.7 Å². The molecular weight excluding hydrogens is 420 g/mol. The SMILES string of the molecule is COCCOCC(=O)N(O)Cc1ccc(Nc2ccc(N3CCC(F)(F)CC3)cc2)cc1. The van der Waals surface area contributed by atoms with Gasteiger partial charge in [0.15, 0.2) is 0 Å². The second-order valence-corrected chi connectivity index (χ2v) is 7.71. The Labute approximate surface area is 186 Å². The van der Waals surface area contributed by atoms with E-state index in [9.17, 15) is 18.8 Å². The molecule has 1 saturated heterocycles. The van der Waals surface area contributed by atoms with Crippen molar-refractivity contribution in [2.75, 3.05) is 50.2 Å². The van der Waals surface area contributed by atoms with Gasteiger partial charge in [0.05, 0.1) is 19.8 Å². The zero-order chi connectivity index (χ0) is 23.0. The highest BCUT2D eigenvalue weighted by atomic mass is 19.3. The Hall–Kier alpha value is -2.75. The molecule has 0 bridgehead atoms. The number of hydrogen-bond acceptors (Lipinski definition) is 6. The van der Waals surface area contributed by atoms with E-state index in [1.165, 1.54) is 0 Å². The predicted molar refractivity (Wildman–Crippen MR) is 118 cm³/mol. The highest BCUT2D eigenvalue weighted by Crippen LogP contribution is 2.31. The van der Waals surface area contributed by atoms with Crippen LogP contribution in [-0.2, 0) is 20.8 Å². The number of rotatable bonds is 10. The summed E-state index contributed by atoms with van der Waals surface area (Å²) in [6.45, 7) is 1.21. The van der Waals surface area contributed by atoms with Crippen LogP contribution < -0.4 is 10.2 Å². The maximum Gasteiger partial charge on any atom is 0.272 e. The van der Waals surface area contributed by atoms with Gasteiger partial charge in [0.1, 0.15) is 6.61 Å². The molecule has 32 heavy (non-hydrogen) atoms. The molecule has 0 aromatic heterocycles. The number of nitrogens with one attached hydrogen (secondary N) is 1. The number of alkyl halides is 2. The number of carbonyl (C=O) groups is 1. The van der Waals surface area contributed by atoms with E-state index < -0.39 is 11.8 Å². The van der Waals surface area contributed by atoms with Crippen LogP contribution in [0.25, 0.3) is 0 Å². The quantitative estimate of drug-likeness (QED) is 0.324. The van der Waals surface area contributed by atoms with Crippen molar-refractivity contribution in [2.24, 2.45) is 0 Å². The minimum Gasteiger partial charge on any atom is -0.382 e. The summed E-state index contributed by atoms with van der Waals surface area (Å²) < 4.78 is 36.6. The first kappa shape index (κ1) is 23.9. The maximum absolute atomic E-state index is 13.3. The molecule has 3 rings (SSSR count). The first-order chi connectivity index (χ1) is 15.4. The second-order valence-electron chi connectivity index (χ2n) is 7.71. The van der Waals surface area contributed by atoms with Crippen LogP contribution in [-0.4, -0.2) is 62.1 Å². The van der Waals surface area contributed by atoms with Gasteiger partial charge in [-0.2, -0.15) is 0 Å². The number of nitrogens with zero attached hydrogens (tertiary/aromatic N) is 2. The number of halogens is 2. The first-order valence-electron chi connectivity index (χ1n) is 10.5. The van der Waals surface area contributed by atoms with Crippen molar-refractivity contribution in [2.45, 2.75) is 25.3 Å². The van der Waals surface area contributed by atoms with Gasteiger partial charge in [-0.15, -0.1) is 0 Å². The minimum absolute atomic E-state index is 0.0519. The number of carbonyl (C=O) groups excluding carboxylic acids is 1. The largest absolute Gasteiger partial charge is 0.382 e. The third-order valence-corrected chi connectivity index (χ3v) is 5.25. The Bertz CT molecular complexity index is 853. The third kappa shape index (κ3) is 7.15. The van der Waals surface area contributed by atoms with Gasteiger partial charge in [0.2, 0.25) is 0 Å². The van der Waals surface area contributed by atoms with Crippen molar-refractivity contribution in [1.82, 2.24) is 5.06 Å². The van der Waals surface area contributed by atoms with Gasteiger partial charge in [-0.1, -0.05) is 12.1 Å². The van der Waals surface area contributed by atoms with E-state index in [2.05, 4.69) is 5.32 Å². The van der Waals surface area contributed by atoms with Crippen LogP contribution in [0.5, 0.6) is 0 Å². The summed E-state index contributed by atoms with van der Waals surface area (Å²) in [7, 11) is 1.54. The fourth-order valence-corrected chi connectivity index (χ4v) is 3.35.